The average Bonchev–Trinajstić information content (AvgIpc) is 3.23. The lowest BCUT2D eigenvalue weighted by molar-refractivity contribution is 1.07. The van der Waals surface area contributed by atoms with E-state index in [9.17, 15) is 0 Å². The molecule has 3 aromatic heterocycles. The summed E-state index contributed by atoms with van der Waals surface area (Å²) in [4.78, 5) is 17.9. The number of nitrogens with zero attached hydrogens (tertiary/aromatic N) is 4. The van der Waals surface area contributed by atoms with E-state index in [1.807, 2.05) is 30.5 Å². The fraction of sp³-hybridized carbons (Fsp3) is 0. The minimum absolute atomic E-state index is 0.659. The summed E-state index contributed by atoms with van der Waals surface area (Å²) in [5.41, 5.74) is 4.09. The number of pyridine rings is 1. The van der Waals surface area contributed by atoms with Crippen LogP contribution in [-0.4, -0.2) is 19.9 Å². The highest BCUT2D eigenvalue weighted by atomic mass is 32.1. The molecule has 0 radical (unpaired) electrons. The van der Waals surface area contributed by atoms with Crippen molar-refractivity contribution >= 4 is 31.5 Å². The summed E-state index contributed by atoms with van der Waals surface area (Å²) in [5, 5.41) is 2.56. The molecule has 0 bridgehead atoms. The molecule has 0 aliphatic heterocycles. The van der Waals surface area contributed by atoms with Crippen LogP contribution in [0.15, 0.2) is 97.6 Å². The second kappa shape index (κ2) is 7.38. The fourth-order valence-corrected chi connectivity index (χ4v) is 4.96. The van der Waals surface area contributed by atoms with Crippen LogP contribution in [0, 0.1) is 0 Å². The van der Waals surface area contributed by atoms with Crippen molar-refractivity contribution in [3.63, 3.8) is 0 Å². The van der Waals surface area contributed by atoms with Crippen LogP contribution in [0.2, 0.25) is 0 Å². The van der Waals surface area contributed by atoms with Gasteiger partial charge in [0.15, 0.2) is 11.6 Å². The van der Waals surface area contributed by atoms with Crippen LogP contribution < -0.4 is 0 Å². The molecule has 0 spiro atoms. The smallest absolute Gasteiger partial charge is 0.163 e. The van der Waals surface area contributed by atoms with Gasteiger partial charge in [-0.05, 0) is 29.8 Å². The SMILES string of the molecule is c1cncc(-c2cccc(-c3ncnc(-c4ccc5c(c4)sc4ccccc45)n3)c2)c1. The van der Waals surface area contributed by atoms with Gasteiger partial charge >= 0.3 is 0 Å². The van der Waals surface area contributed by atoms with E-state index in [1.54, 1.807) is 23.9 Å². The molecule has 6 aromatic rings. The molecule has 0 saturated carbocycles. The first-order chi connectivity index (χ1) is 15.3. The zero-order valence-electron chi connectivity index (χ0n) is 16.4. The van der Waals surface area contributed by atoms with Crippen molar-refractivity contribution in [1.29, 1.82) is 0 Å². The van der Waals surface area contributed by atoms with E-state index in [1.165, 1.54) is 20.2 Å². The first kappa shape index (κ1) is 17.9. The average molecular weight is 417 g/mol. The van der Waals surface area contributed by atoms with Gasteiger partial charge in [-0.2, -0.15) is 0 Å². The lowest BCUT2D eigenvalue weighted by Gasteiger charge is -2.06. The van der Waals surface area contributed by atoms with Crippen LogP contribution in [0.25, 0.3) is 54.1 Å². The van der Waals surface area contributed by atoms with Crippen molar-refractivity contribution in [3.8, 4) is 33.9 Å². The van der Waals surface area contributed by atoms with Gasteiger partial charge in [0, 0.05) is 49.3 Å². The topological polar surface area (TPSA) is 51.6 Å². The molecule has 0 saturated heterocycles. The van der Waals surface area contributed by atoms with E-state index in [0.29, 0.717) is 11.6 Å². The molecule has 0 fully saturated rings. The van der Waals surface area contributed by atoms with Crippen LogP contribution in [0.1, 0.15) is 0 Å². The van der Waals surface area contributed by atoms with Crippen molar-refractivity contribution in [2.75, 3.05) is 0 Å². The summed E-state index contributed by atoms with van der Waals surface area (Å²) < 4.78 is 2.53. The van der Waals surface area contributed by atoms with Crippen LogP contribution in [-0.2, 0) is 0 Å². The summed E-state index contributed by atoms with van der Waals surface area (Å²) in [6.07, 6.45) is 5.22. The zero-order chi connectivity index (χ0) is 20.6. The molecular formula is C26H16N4S. The number of aromatic nitrogens is 4. The van der Waals surface area contributed by atoms with Gasteiger partial charge in [-0.25, -0.2) is 15.0 Å². The molecule has 0 aliphatic rings. The first-order valence-electron chi connectivity index (χ1n) is 9.97. The molecule has 146 valence electrons. The highest BCUT2D eigenvalue weighted by molar-refractivity contribution is 7.25. The van der Waals surface area contributed by atoms with E-state index >= 15 is 0 Å². The normalized spacial score (nSPS) is 11.2. The van der Waals surface area contributed by atoms with Crippen LogP contribution in [0.3, 0.4) is 0 Å². The van der Waals surface area contributed by atoms with E-state index in [0.717, 1.165) is 22.3 Å². The molecular weight excluding hydrogens is 400 g/mol. The molecule has 3 aromatic carbocycles. The molecule has 0 aliphatic carbocycles. The lowest BCUT2D eigenvalue weighted by atomic mass is 10.0. The maximum absolute atomic E-state index is 4.78. The van der Waals surface area contributed by atoms with Crippen molar-refractivity contribution < 1.29 is 0 Å². The fourth-order valence-electron chi connectivity index (χ4n) is 3.81. The summed E-state index contributed by atoms with van der Waals surface area (Å²) in [7, 11) is 0. The molecule has 4 nitrogen and oxygen atoms in total. The molecule has 0 N–H and O–H groups in total. The molecule has 0 amide bonds. The number of thiophene rings is 1. The molecule has 0 atom stereocenters. The Morgan fingerprint density at radius 3 is 2.23 bits per heavy atom. The predicted octanol–water partition coefficient (Wildman–Crippen LogP) is 6.64. The Kier molecular flexibility index (Phi) is 4.25. The minimum Gasteiger partial charge on any atom is -0.264 e. The zero-order valence-corrected chi connectivity index (χ0v) is 17.3. The predicted molar refractivity (Wildman–Crippen MR) is 127 cm³/mol. The van der Waals surface area contributed by atoms with Crippen molar-refractivity contribution in [1.82, 2.24) is 19.9 Å². The third-order valence-electron chi connectivity index (χ3n) is 5.32. The Balaban J connectivity index is 1.42. The van der Waals surface area contributed by atoms with Crippen molar-refractivity contribution in [2.24, 2.45) is 0 Å². The van der Waals surface area contributed by atoms with Gasteiger partial charge in [-0.15, -0.1) is 11.3 Å². The quantitative estimate of drug-likeness (QED) is 0.325. The largest absolute Gasteiger partial charge is 0.264 e. The lowest BCUT2D eigenvalue weighted by Crippen LogP contribution is -1.95. The van der Waals surface area contributed by atoms with Gasteiger partial charge in [-0.1, -0.05) is 54.6 Å². The molecule has 6 rings (SSSR count). The van der Waals surface area contributed by atoms with Gasteiger partial charge in [0.1, 0.15) is 6.33 Å². The third kappa shape index (κ3) is 3.25. The van der Waals surface area contributed by atoms with E-state index in [-0.39, 0.29) is 0 Å². The second-order valence-corrected chi connectivity index (χ2v) is 8.35. The van der Waals surface area contributed by atoms with E-state index in [4.69, 9.17) is 4.98 Å². The van der Waals surface area contributed by atoms with Crippen molar-refractivity contribution in [3.05, 3.63) is 97.6 Å². The van der Waals surface area contributed by atoms with Gasteiger partial charge < -0.3 is 0 Å². The Hall–Kier alpha value is -3.96. The summed E-state index contributed by atoms with van der Waals surface area (Å²) in [5.74, 6) is 1.34. The maximum atomic E-state index is 4.78. The number of hydrogen-bond donors (Lipinski definition) is 0. The molecule has 0 unspecified atom stereocenters. The minimum atomic E-state index is 0.659. The number of benzene rings is 3. The van der Waals surface area contributed by atoms with Gasteiger partial charge in [0.05, 0.1) is 0 Å². The highest BCUT2D eigenvalue weighted by Gasteiger charge is 2.10. The highest BCUT2D eigenvalue weighted by Crippen LogP contribution is 2.35. The number of rotatable bonds is 3. The maximum Gasteiger partial charge on any atom is 0.163 e. The second-order valence-electron chi connectivity index (χ2n) is 7.26. The Morgan fingerprint density at radius 1 is 0.581 bits per heavy atom. The standard InChI is InChI=1S/C26H16N4S/c1-2-9-23-21(8-1)22-11-10-19(14-24(22)31-23)26-29-16-28-25(30-26)18-6-3-5-17(13-18)20-7-4-12-27-15-20/h1-16H. The third-order valence-corrected chi connectivity index (χ3v) is 6.46. The Labute approximate surface area is 182 Å². The van der Waals surface area contributed by atoms with Gasteiger partial charge in [0.2, 0.25) is 0 Å². The van der Waals surface area contributed by atoms with E-state index < -0.39 is 0 Å². The Morgan fingerprint density at radius 2 is 1.35 bits per heavy atom. The number of fused-ring (bicyclic) bond motifs is 3. The number of hydrogen-bond acceptors (Lipinski definition) is 5. The van der Waals surface area contributed by atoms with Crippen LogP contribution in [0.4, 0.5) is 0 Å². The van der Waals surface area contributed by atoms with Gasteiger partial charge in [-0.3, -0.25) is 4.98 Å². The molecule has 3 heterocycles. The summed E-state index contributed by atoms with van der Waals surface area (Å²) >= 11 is 1.79. The van der Waals surface area contributed by atoms with Crippen LogP contribution >= 0.6 is 11.3 Å². The Bertz CT molecular complexity index is 1540. The van der Waals surface area contributed by atoms with Gasteiger partial charge in [0.25, 0.3) is 0 Å². The summed E-state index contributed by atoms with van der Waals surface area (Å²) in [6.45, 7) is 0. The molecule has 31 heavy (non-hydrogen) atoms. The monoisotopic (exact) mass is 416 g/mol. The first-order valence-corrected chi connectivity index (χ1v) is 10.8. The van der Waals surface area contributed by atoms with Crippen LogP contribution in [0.5, 0.6) is 0 Å². The van der Waals surface area contributed by atoms with E-state index in [2.05, 4.69) is 69.5 Å². The van der Waals surface area contributed by atoms with Crippen molar-refractivity contribution in [2.45, 2.75) is 0 Å². The summed E-state index contributed by atoms with van der Waals surface area (Å²) in [6, 6.07) is 27.1. The molecule has 5 heteroatoms.